The predicted octanol–water partition coefficient (Wildman–Crippen LogP) is 2.58. The van der Waals surface area contributed by atoms with Gasteiger partial charge in [0.15, 0.2) is 5.65 Å². The van der Waals surface area contributed by atoms with E-state index in [1.54, 1.807) is 0 Å². The highest BCUT2D eigenvalue weighted by molar-refractivity contribution is 5.74. The van der Waals surface area contributed by atoms with Gasteiger partial charge < -0.3 is 4.40 Å². The molecule has 0 fully saturated rings. The zero-order valence-corrected chi connectivity index (χ0v) is 14.9. The van der Waals surface area contributed by atoms with Crippen LogP contribution in [0.3, 0.4) is 0 Å². The van der Waals surface area contributed by atoms with Crippen molar-refractivity contribution in [2.24, 2.45) is 0 Å². The van der Waals surface area contributed by atoms with Gasteiger partial charge in [0.25, 0.3) is 0 Å². The third kappa shape index (κ3) is 2.75. The minimum atomic E-state index is 0.763. The molecule has 0 unspecified atom stereocenters. The number of hydrogen-bond donors (Lipinski definition) is 0. The predicted molar refractivity (Wildman–Crippen MR) is 100 cm³/mol. The molecule has 0 aliphatic heterocycles. The van der Waals surface area contributed by atoms with Crippen LogP contribution in [0.2, 0.25) is 0 Å². The summed E-state index contributed by atoms with van der Waals surface area (Å²) in [6.07, 6.45) is 7.68. The number of aromatic nitrogens is 8. The van der Waals surface area contributed by atoms with E-state index >= 15 is 0 Å². The van der Waals surface area contributed by atoms with Gasteiger partial charge in [-0.25, -0.2) is 4.98 Å². The van der Waals surface area contributed by atoms with E-state index < -0.39 is 0 Å². The maximum Gasteiger partial charge on any atom is 0.160 e. The van der Waals surface area contributed by atoms with E-state index in [1.807, 2.05) is 71.0 Å². The average Bonchev–Trinajstić information content (AvgIpc) is 3.41. The average molecular weight is 358 g/mol. The second-order valence-electron chi connectivity index (χ2n) is 6.48. The Morgan fingerprint density at radius 2 is 1.78 bits per heavy atom. The Balaban J connectivity index is 1.32. The first-order chi connectivity index (χ1) is 13.3. The molecule has 0 aromatic carbocycles. The van der Waals surface area contributed by atoms with Crippen LogP contribution >= 0.6 is 0 Å². The minimum absolute atomic E-state index is 0.763. The Morgan fingerprint density at radius 3 is 2.70 bits per heavy atom. The van der Waals surface area contributed by atoms with E-state index in [0.717, 1.165) is 53.6 Å². The fourth-order valence-electron chi connectivity index (χ4n) is 3.36. The molecular formula is C19H18N8. The summed E-state index contributed by atoms with van der Waals surface area (Å²) in [5.41, 5.74) is 3.57. The molecular weight excluding hydrogens is 340 g/mol. The summed E-state index contributed by atoms with van der Waals surface area (Å²) in [5, 5.41) is 17.0. The molecule has 5 heterocycles. The Kier molecular flexibility index (Phi) is 3.67. The summed E-state index contributed by atoms with van der Waals surface area (Å²) >= 11 is 0. The first kappa shape index (κ1) is 15.7. The summed E-state index contributed by atoms with van der Waals surface area (Å²) in [6.45, 7) is 2.75. The molecule has 0 spiro atoms. The van der Waals surface area contributed by atoms with E-state index in [1.165, 1.54) is 0 Å². The molecule has 0 aliphatic rings. The van der Waals surface area contributed by atoms with Gasteiger partial charge in [-0.1, -0.05) is 17.3 Å². The van der Waals surface area contributed by atoms with Gasteiger partial charge in [0.1, 0.15) is 23.0 Å². The Bertz CT molecular complexity index is 1230. The van der Waals surface area contributed by atoms with Gasteiger partial charge >= 0.3 is 0 Å². The van der Waals surface area contributed by atoms with Gasteiger partial charge in [-0.05, 0) is 37.6 Å². The van der Waals surface area contributed by atoms with E-state index in [2.05, 4.69) is 29.9 Å². The molecule has 27 heavy (non-hydrogen) atoms. The molecule has 5 aromatic heterocycles. The van der Waals surface area contributed by atoms with Crippen molar-refractivity contribution < 1.29 is 0 Å². The summed E-state index contributed by atoms with van der Waals surface area (Å²) in [4.78, 5) is 4.65. The van der Waals surface area contributed by atoms with Crippen LogP contribution in [-0.2, 0) is 13.0 Å². The number of nitrogens with zero attached hydrogens (tertiary/aromatic N) is 8. The molecule has 0 N–H and O–H groups in total. The van der Waals surface area contributed by atoms with Crippen LogP contribution < -0.4 is 0 Å². The van der Waals surface area contributed by atoms with Crippen LogP contribution in [0.5, 0.6) is 0 Å². The van der Waals surface area contributed by atoms with Gasteiger partial charge in [-0.3, -0.25) is 9.08 Å². The van der Waals surface area contributed by atoms with Crippen molar-refractivity contribution in [3.63, 3.8) is 0 Å². The van der Waals surface area contributed by atoms with Crippen molar-refractivity contribution in [3.05, 3.63) is 66.6 Å². The number of rotatable bonds is 5. The maximum absolute atomic E-state index is 4.65. The van der Waals surface area contributed by atoms with Crippen molar-refractivity contribution in [1.82, 2.24) is 39.0 Å². The zero-order valence-electron chi connectivity index (χ0n) is 14.9. The molecule has 0 aliphatic carbocycles. The lowest BCUT2D eigenvalue weighted by Crippen LogP contribution is -2.02. The lowest BCUT2D eigenvalue weighted by molar-refractivity contribution is 0.551. The SMILES string of the molecule is Cc1nc(-c2cn(CCCc3nnc4ccccn34)nn2)c2ccccn12. The highest BCUT2D eigenvalue weighted by atomic mass is 15.4. The first-order valence-corrected chi connectivity index (χ1v) is 8.92. The van der Waals surface area contributed by atoms with E-state index in [9.17, 15) is 0 Å². The Hall–Kier alpha value is -3.55. The highest BCUT2D eigenvalue weighted by Crippen LogP contribution is 2.22. The standard InChI is InChI=1S/C19H18N8/c1-14-20-19(16-7-2-4-11-26(14)16)15-13-25(24-21-15)10-6-9-18-23-22-17-8-3-5-12-27(17)18/h2-5,7-8,11-13H,6,9-10H2,1H3. The molecule has 0 saturated carbocycles. The van der Waals surface area contributed by atoms with Crippen LogP contribution in [0.15, 0.2) is 55.0 Å². The molecule has 0 saturated heterocycles. The smallest absolute Gasteiger partial charge is 0.160 e. The number of hydrogen-bond acceptors (Lipinski definition) is 5. The van der Waals surface area contributed by atoms with E-state index in [0.29, 0.717) is 0 Å². The molecule has 0 radical (unpaired) electrons. The van der Waals surface area contributed by atoms with Crippen LogP contribution in [0, 0.1) is 6.92 Å². The summed E-state index contributed by atoms with van der Waals surface area (Å²) in [7, 11) is 0. The monoisotopic (exact) mass is 358 g/mol. The Labute approximate surface area is 155 Å². The quantitative estimate of drug-likeness (QED) is 0.482. The molecule has 8 heteroatoms. The van der Waals surface area contributed by atoms with Gasteiger partial charge in [-0.15, -0.1) is 15.3 Å². The topological polar surface area (TPSA) is 78.2 Å². The van der Waals surface area contributed by atoms with Gasteiger partial charge in [-0.2, -0.15) is 0 Å². The van der Waals surface area contributed by atoms with Gasteiger partial charge in [0.2, 0.25) is 0 Å². The lowest BCUT2D eigenvalue weighted by atomic mass is 10.2. The normalized spacial score (nSPS) is 11.6. The molecule has 0 atom stereocenters. The third-order valence-corrected chi connectivity index (χ3v) is 4.68. The number of fused-ring (bicyclic) bond motifs is 2. The fourth-order valence-corrected chi connectivity index (χ4v) is 3.36. The number of pyridine rings is 2. The van der Waals surface area contributed by atoms with Gasteiger partial charge in [0.05, 0.1) is 11.7 Å². The van der Waals surface area contributed by atoms with E-state index in [-0.39, 0.29) is 0 Å². The largest absolute Gasteiger partial charge is 0.303 e. The van der Waals surface area contributed by atoms with Crippen molar-refractivity contribution in [2.45, 2.75) is 26.3 Å². The zero-order chi connectivity index (χ0) is 18.2. The van der Waals surface area contributed by atoms with Crippen LogP contribution in [0.1, 0.15) is 18.1 Å². The lowest BCUT2D eigenvalue weighted by Gasteiger charge is -2.00. The van der Waals surface area contributed by atoms with Crippen LogP contribution in [-0.4, -0.2) is 39.0 Å². The fraction of sp³-hybridized carbons (Fsp3) is 0.211. The van der Waals surface area contributed by atoms with Crippen molar-refractivity contribution in [1.29, 1.82) is 0 Å². The first-order valence-electron chi connectivity index (χ1n) is 8.92. The maximum atomic E-state index is 4.65. The molecule has 0 bridgehead atoms. The van der Waals surface area contributed by atoms with Gasteiger partial charge in [0, 0.05) is 25.4 Å². The molecule has 134 valence electrons. The number of imidazole rings is 1. The minimum Gasteiger partial charge on any atom is -0.303 e. The van der Waals surface area contributed by atoms with Crippen LogP contribution in [0.4, 0.5) is 0 Å². The molecule has 5 aromatic rings. The Morgan fingerprint density at radius 1 is 0.926 bits per heavy atom. The number of aryl methyl sites for hydroxylation is 3. The second kappa shape index (κ2) is 6.31. The van der Waals surface area contributed by atoms with E-state index in [4.69, 9.17) is 0 Å². The van der Waals surface area contributed by atoms with Crippen molar-refractivity contribution >= 4 is 11.2 Å². The summed E-state index contributed by atoms with van der Waals surface area (Å²) < 4.78 is 5.94. The summed E-state index contributed by atoms with van der Waals surface area (Å²) in [6, 6.07) is 12.0. The molecule has 8 nitrogen and oxygen atoms in total. The third-order valence-electron chi connectivity index (χ3n) is 4.68. The van der Waals surface area contributed by atoms with Crippen molar-refractivity contribution in [2.75, 3.05) is 0 Å². The highest BCUT2D eigenvalue weighted by Gasteiger charge is 2.13. The second-order valence-corrected chi connectivity index (χ2v) is 6.48. The summed E-state index contributed by atoms with van der Waals surface area (Å²) in [5.74, 6) is 1.90. The van der Waals surface area contributed by atoms with Crippen molar-refractivity contribution in [3.8, 4) is 11.4 Å². The van der Waals surface area contributed by atoms with Crippen LogP contribution in [0.25, 0.3) is 22.6 Å². The molecule has 0 amide bonds. The molecule has 5 rings (SSSR count).